The monoisotopic (exact) mass is 1020 g/mol. The molecule has 3 aliphatic rings. The molecule has 2 unspecified atom stereocenters. The van der Waals surface area contributed by atoms with Crippen LogP contribution in [0.2, 0.25) is 0 Å². The summed E-state index contributed by atoms with van der Waals surface area (Å²) in [6.45, 7) is 21.6. The zero-order valence-corrected chi connectivity index (χ0v) is 41.6. The molecule has 1 aromatic heterocycles. The van der Waals surface area contributed by atoms with E-state index in [-0.39, 0.29) is 24.7 Å². The predicted molar refractivity (Wildman–Crippen MR) is 250 cm³/mol. The standard InChI is InChI=1S/C21H31N5O5.C7H8BrCl.C6H7F5.C5H8FNO.C4H10.C2H6/c1-24-11-7-5-3-4-6-10-17(26-12-8-9-16(21(26)31)23-15-27)20(30)22-13-18(28)25(2)14-19(24)29;1-5(7(3)8)4-6(2)9;1-4(6(9,10)11)2-5(7,8)3-4;6-5-1-2-7(3-5)4-8;1-4(2)3;1-2/h8-9,12,15,17H,3-7,10-11,13-14H2,1-2H3,(H,22,30)(H,23,27);4H,2-3H2,1H3;2-3H2,1H3;4-5H,1-3H2;4H,1-3H3;1-2H3/b;5-4-;;;;. The molecule has 1 aliphatic carbocycles. The fourth-order valence-corrected chi connectivity index (χ4v) is 6.21. The van der Waals surface area contributed by atoms with Crippen molar-refractivity contribution < 1.29 is 50.3 Å². The van der Waals surface area contributed by atoms with Gasteiger partial charge in [0.2, 0.25) is 36.5 Å². The number of carbonyl (C=O) groups is 5. The molecule has 1 aromatic rings. The van der Waals surface area contributed by atoms with E-state index in [0.29, 0.717) is 50.3 Å². The SMILES string of the molecule is C=C(Cl)/C=C(/C)C(=C)Br.CC.CC(C)C.CC1(C(F)(F)F)CC(F)(F)C1.CN1CCCCCCCC(n2cccc(NC=O)c2=O)C(=O)NCC(=O)N(C)CC1=O.O=CN1CCC(F)C1. The van der Waals surface area contributed by atoms with Crippen molar-refractivity contribution in [1.29, 1.82) is 0 Å². The Bertz CT molecular complexity index is 1750. The van der Waals surface area contributed by atoms with E-state index < -0.39 is 59.9 Å². The summed E-state index contributed by atoms with van der Waals surface area (Å²) < 4.78 is 74.1. The van der Waals surface area contributed by atoms with E-state index >= 15 is 0 Å². The number of allylic oxidation sites excluding steroid dienone is 4. The number of hydrogen-bond donors (Lipinski definition) is 2. The van der Waals surface area contributed by atoms with Crippen molar-refractivity contribution in [2.45, 2.75) is 131 Å². The second-order valence-corrected chi connectivity index (χ2v) is 17.9. The van der Waals surface area contributed by atoms with E-state index in [2.05, 4.69) is 60.5 Å². The largest absolute Gasteiger partial charge is 0.394 e. The van der Waals surface area contributed by atoms with Crippen LogP contribution in [-0.4, -0.2) is 115 Å². The van der Waals surface area contributed by atoms with E-state index in [0.717, 1.165) is 55.0 Å². The average molecular weight is 1020 g/mol. The highest BCUT2D eigenvalue weighted by Gasteiger charge is 2.66. The van der Waals surface area contributed by atoms with Gasteiger partial charge in [-0.2, -0.15) is 13.2 Å². The quantitative estimate of drug-likeness (QED) is 0.165. The summed E-state index contributed by atoms with van der Waals surface area (Å²) in [5.41, 5.74) is -1.57. The highest BCUT2D eigenvalue weighted by Crippen LogP contribution is 2.59. The van der Waals surface area contributed by atoms with E-state index in [4.69, 9.17) is 11.6 Å². The first kappa shape index (κ1) is 63.0. The van der Waals surface area contributed by atoms with Gasteiger partial charge in [-0.05, 0) is 55.9 Å². The molecule has 2 atom stereocenters. The predicted octanol–water partition coefficient (Wildman–Crippen LogP) is 9.80. The third-order valence-electron chi connectivity index (χ3n) is 9.53. The van der Waals surface area contributed by atoms with Gasteiger partial charge in [0.15, 0.2) is 0 Å². The van der Waals surface area contributed by atoms with E-state index in [9.17, 15) is 55.1 Å². The summed E-state index contributed by atoms with van der Waals surface area (Å²) in [6.07, 6.45) is 2.26. The minimum Gasteiger partial charge on any atom is -0.345 e. The Morgan fingerprint density at radius 1 is 0.954 bits per heavy atom. The number of halogens is 8. The molecular formula is C45H70BrClF6N6O6. The van der Waals surface area contributed by atoms with Crippen LogP contribution < -0.4 is 16.2 Å². The number of anilines is 1. The minimum absolute atomic E-state index is 0.0620. The summed E-state index contributed by atoms with van der Waals surface area (Å²) >= 11 is 8.69. The van der Waals surface area contributed by atoms with E-state index in [1.54, 1.807) is 24.1 Å². The van der Waals surface area contributed by atoms with Crippen LogP contribution >= 0.6 is 27.5 Å². The van der Waals surface area contributed by atoms with Gasteiger partial charge in [0.25, 0.3) is 5.56 Å². The van der Waals surface area contributed by atoms with Crippen LogP contribution in [0.15, 0.2) is 57.4 Å². The Balaban J connectivity index is 0. The lowest BCUT2D eigenvalue weighted by Gasteiger charge is -2.45. The van der Waals surface area contributed by atoms with Crippen LogP contribution in [0.25, 0.3) is 0 Å². The van der Waals surface area contributed by atoms with Crippen LogP contribution in [0.1, 0.15) is 112 Å². The summed E-state index contributed by atoms with van der Waals surface area (Å²) in [5.74, 6) is -3.28. The first-order valence-electron chi connectivity index (χ1n) is 21.4. The molecule has 3 fully saturated rings. The molecule has 0 spiro atoms. The molecule has 0 radical (unpaired) electrons. The molecule has 20 heteroatoms. The van der Waals surface area contributed by atoms with Crippen molar-refractivity contribution >= 4 is 63.8 Å². The van der Waals surface area contributed by atoms with Gasteiger partial charge in [0.1, 0.15) is 17.9 Å². The van der Waals surface area contributed by atoms with E-state index in [1.165, 1.54) is 33.7 Å². The fourth-order valence-electron chi connectivity index (χ4n) is 5.94. The van der Waals surface area contributed by atoms with Crippen LogP contribution in [0.5, 0.6) is 0 Å². The third kappa shape index (κ3) is 26.0. The molecule has 372 valence electrons. The van der Waals surface area contributed by atoms with Gasteiger partial charge in [-0.3, -0.25) is 28.8 Å². The third-order valence-corrected chi connectivity index (χ3v) is 10.3. The fraction of sp³-hybridized carbons (Fsp3) is 0.644. The molecule has 0 aromatic carbocycles. The maximum atomic E-state index is 12.9. The molecule has 3 heterocycles. The van der Waals surface area contributed by atoms with Crippen molar-refractivity contribution in [3.05, 3.63) is 63.0 Å². The lowest BCUT2D eigenvalue weighted by molar-refractivity contribution is -0.301. The van der Waals surface area contributed by atoms with Crippen molar-refractivity contribution in [3.63, 3.8) is 0 Å². The number of nitrogens with one attached hydrogen (secondary N) is 2. The molecule has 65 heavy (non-hydrogen) atoms. The Labute approximate surface area is 394 Å². The highest BCUT2D eigenvalue weighted by molar-refractivity contribution is 9.11. The van der Waals surface area contributed by atoms with Gasteiger partial charge in [-0.1, -0.05) is 108 Å². The Morgan fingerprint density at radius 3 is 1.92 bits per heavy atom. The number of carbonyl (C=O) groups excluding carboxylic acids is 5. The molecule has 4 rings (SSSR count). The zero-order valence-electron chi connectivity index (χ0n) is 39.3. The number of alkyl halides is 6. The molecule has 2 aliphatic heterocycles. The topological polar surface area (TPSA) is 141 Å². The lowest BCUT2D eigenvalue weighted by Crippen LogP contribution is -2.52. The molecular weight excluding hydrogens is 950 g/mol. The Hall–Kier alpha value is -4.13. The van der Waals surface area contributed by atoms with Crippen molar-refractivity contribution in [2.75, 3.05) is 52.1 Å². The number of hydrogen-bond acceptors (Lipinski definition) is 6. The summed E-state index contributed by atoms with van der Waals surface area (Å²) in [7, 11) is 3.24. The molecule has 2 N–H and O–H groups in total. The number of likely N-dealkylation sites (N-methyl/N-ethyl adjacent to an activating group) is 2. The first-order valence-corrected chi connectivity index (χ1v) is 22.6. The first-order chi connectivity index (χ1) is 30.1. The number of pyridine rings is 1. The molecule has 12 nitrogen and oxygen atoms in total. The molecule has 1 saturated carbocycles. The summed E-state index contributed by atoms with van der Waals surface area (Å²) in [4.78, 5) is 75.2. The zero-order chi connectivity index (χ0) is 50.7. The van der Waals surface area contributed by atoms with Gasteiger partial charge in [0, 0.05) is 55.7 Å². The van der Waals surface area contributed by atoms with Gasteiger partial charge < -0.3 is 29.9 Å². The molecule has 5 amide bonds. The Kier molecular flexibility index (Phi) is 30.7. The van der Waals surface area contributed by atoms with Crippen LogP contribution in [-0.2, 0) is 24.0 Å². The van der Waals surface area contributed by atoms with Gasteiger partial charge in [0.05, 0.1) is 25.0 Å². The van der Waals surface area contributed by atoms with E-state index in [1.807, 2.05) is 20.8 Å². The van der Waals surface area contributed by atoms with Crippen molar-refractivity contribution in [2.24, 2.45) is 11.3 Å². The van der Waals surface area contributed by atoms with Gasteiger partial charge >= 0.3 is 6.18 Å². The maximum absolute atomic E-state index is 12.9. The number of amides is 5. The second kappa shape index (κ2) is 31.7. The van der Waals surface area contributed by atoms with Crippen molar-refractivity contribution in [3.8, 4) is 0 Å². The summed E-state index contributed by atoms with van der Waals surface area (Å²) in [6, 6.07) is 2.24. The Morgan fingerprint density at radius 2 is 1.51 bits per heavy atom. The van der Waals surface area contributed by atoms with Crippen LogP contribution in [0, 0.1) is 11.3 Å². The van der Waals surface area contributed by atoms with Crippen molar-refractivity contribution in [1.82, 2.24) is 24.6 Å². The van der Waals surface area contributed by atoms with Crippen LogP contribution in [0.4, 0.5) is 32.0 Å². The lowest BCUT2D eigenvalue weighted by atomic mass is 9.67. The van der Waals surface area contributed by atoms with Gasteiger partial charge in [-0.15, -0.1) is 0 Å². The number of nitrogens with zero attached hydrogens (tertiary/aromatic N) is 4. The normalized spacial score (nSPS) is 20.1. The molecule has 0 bridgehead atoms. The minimum atomic E-state index is -4.49. The number of aromatic nitrogens is 1. The molecule has 2 saturated heterocycles. The highest BCUT2D eigenvalue weighted by atomic mass is 79.9. The summed E-state index contributed by atoms with van der Waals surface area (Å²) in [5, 5.41) is 5.46. The number of likely N-dealkylation sites (tertiary alicyclic amines) is 1. The number of rotatable bonds is 6. The van der Waals surface area contributed by atoms with Gasteiger partial charge in [-0.25, -0.2) is 13.2 Å². The smallest absolute Gasteiger partial charge is 0.345 e. The maximum Gasteiger partial charge on any atom is 0.394 e. The average Bonchev–Trinajstić information content (AvgIpc) is 3.63. The second-order valence-electron chi connectivity index (χ2n) is 16.4. The van der Waals surface area contributed by atoms with Crippen LogP contribution in [0.3, 0.4) is 0 Å².